The zero-order valence-corrected chi connectivity index (χ0v) is 16.1. The summed E-state index contributed by atoms with van der Waals surface area (Å²) < 4.78 is 1.97. The van der Waals surface area contributed by atoms with Gasteiger partial charge < -0.3 is 5.32 Å². The number of hydrazine groups is 1. The Bertz CT molecular complexity index is 936. The van der Waals surface area contributed by atoms with Crippen molar-refractivity contribution in [3.8, 4) is 5.69 Å². The Labute approximate surface area is 161 Å². The number of nitrogens with one attached hydrogen (secondary N) is 3. The number of hydrogen-bond donors (Lipinski definition) is 3. The lowest BCUT2D eigenvalue weighted by molar-refractivity contribution is 0.0944. The molecule has 0 atom stereocenters. The number of amides is 1. The predicted molar refractivity (Wildman–Crippen MR) is 110 cm³/mol. The van der Waals surface area contributed by atoms with Crippen LogP contribution in [0, 0.1) is 0 Å². The second-order valence-electron chi connectivity index (χ2n) is 5.45. The molecule has 0 bridgehead atoms. The van der Waals surface area contributed by atoms with Crippen LogP contribution < -0.4 is 16.2 Å². The van der Waals surface area contributed by atoms with Crippen LogP contribution in [0.15, 0.2) is 53.7 Å². The number of carbonyl (C=O) groups excluding carboxylic acids is 1. The van der Waals surface area contributed by atoms with Gasteiger partial charge in [-0.1, -0.05) is 0 Å². The molecule has 134 valence electrons. The Morgan fingerprint density at radius 2 is 1.96 bits per heavy atom. The SMILES string of the molecule is CCNC(=S)NNC(=O)c1ccc2ncn(-c3ccc(SC)cc3)c2c1. The first kappa shape index (κ1) is 18.2. The minimum Gasteiger partial charge on any atom is -0.362 e. The molecule has 0 fully saturated rings. The Morgan fingerprint density at radius 3 is 2.65 bits per heavy atom. The van der Waals surface area contributed by atoms with Gasteiger partial charge in [0.05, 0.1) is 11.0 Å². The van der Waals surface area contributed by atoms with Gasteiger partial charge in [0.2, 0.25) is 0 Å². The third-order valence-electron chi connectivity index (χ3n) is 3.79. The summed E-state index contributed by atoms with van der Waals surface area (Å²) >= 11 is 6.73. The second kappa shape index (κ2) is 8.20. The maximum absolute atomic E-state index is 12.4. The van der Waals surface area contributed by atoms with Gasteiger partial charge in [-0.15, -0.1) is 11.8 Å². The summed E-state index contributed by atoms with van der Waals surface area (Å²) in [5, 5.41) is 3.28. The van der Waals surface area contributed by atoms with Gasteiger partial charge in [-0.05, 0) is 67.9 Å². The quantitative estimate of drug-likeness (QED) is 0.364. The van der Waals surface area contributed by atoms with E-state index in [0.29, 0.717) is 17.2 Å². The summed E-state index contributed by atoms with van der Waals surface area (Å²) in [4.78, 5) is 18.0. The summed E-state index contributed by atoms with van der Waals surface area (Å²) in [5.74, 6) is -0.266. The van der Waals surface area contributed by atoms with Crippen molar-refractivity contribution in [2.75, 3.05) is 12.8 Å². The molecule has 2 aromatic carbocycles. The monoisotopic (exact) mass is 385 g/mol. The molecule has 1 amide bonds. The van der Waals surface area contributed by atoms with Crippen molar-refractivity contribution in [3.05, 3.63) is 54.4 Å². The molecular formula is C18H19N5OS2. The lowest BCUT2D eigenvalue weighted by Gasteiger charge is -2.10. The molecule has 0 radical (unpaired) electrons. The lowest BCUT2D eigenvalue weighted by atomic mass is 10.2. The normalized spacial score (nSPS) is 10.5. The van der Waals surface area contributed by atoms with Crippen molar-refractivity contribution >= 4 is 46.0 Å². The van der Waals surface area contributed by atoms with Crippen LogP contribution in [0.4, 0.5) is 0 Å². The van der Waals surface area contributed by atoms with E-state index in [-0.39, 0.29) is 5.91 Å². The lowest BCUT2D eigenvalue weighted by Crippen LogP contribution is -2.46. The summed E-state index contributed by atoms with van der Waals surface area (Å²) in [5.41, 5.74) is 8.47. The van der Waals surface area contributed by atoms with E-state index in [1.54, 1.807) is 24.2 Å². The van der Waals surface area contributed by atoms with Crippen molar-refractivity contribution < 1.29 is 4.79 Å². The van der Waals surface area contributed by atoms with Crippen LogP contribution in [0.25, 0.3) is 16.7 Å². The molecular weight excluding hydrogens is 366 g/mol. The number of rotatable bonds is 4. The number of aromatic nitrogens is 2. The van der Waals surface area contributed by atoms with E-state index in [2.05, 4.69) is 33.3 Å². The maximum Gasteiger partial charge on any atom is 0.269 e. The molecule has 8 heteroatoms. The minimum absolute atomic E-state index is 0.266. The third kappa shape index (κ3) is 3.97. The van der Waals surface area contributed by atoms with Gasteiger partial charge in [-0.2, -0.15) is 0 Å². The number of nitrogens with zero attached hydrogens (tertiary/aromatic N) is 2. The van der Waals surface area contributed by atoms with Crippen molar-refractivity contribution in [1.29, 1.82) is 0 Å². The highest BCUT2D eigenvalue weighted by atomic mass is 32.2. The zero-order chi connectivity index (χ0) is 18.5. The molecule has 0 spiro atoms. The van der Waals surface area contributed by atoms with Gasteiger partial charge >= 0.3 is 0 Å². The van der Waals surface area contributed by atoms with E-state index < -0.39 is 0 Å². The van der Waals surface area contributed by atoms with Crippen LogP contribution in [0.2, 0.25) is 0 Å². The van der Waals surface area contributed by atoms with Crippen LogP contribution in [-0.4, -0.2) is 33.4 Å². The summed E-state index contributed by atoms with van der Waals surface area (Å²) in [6.07, 6.45) is 3.81. The molecule has 0 aliphatic heterocycles. The highest BCUT2D eigenvalue weighted by molar-refractivity contribution is 7.98. The van der Waals surface area contributed by atoms with Crippen molar-refractivity contribution in [3.63, 3.8) is 0 Å². The van der Waals surface area contributed by atoms with Gasteiger partial charge in [0.25, 0.3) is 5.91 Å². The smallest absolute Gasteiger partial charge is 0.269 e. The maximum atomic E-state index is 12.4. The molecule has 3 aromatic rings. The van der Waals surface area contributed by atoms with Gasteiger partial charge in [0, 0.05) is 22.7 Å². The third-order valence-corrected chi connectivity index (χ3v) is 4.78. The molecule has 1 heterocycles. The fourth-order valence-corrected chi connectivity index (χ4v) is 3.09. The number of benzene rings is 2. The molecule has 0 saturated heterocycles. The van der Waals surface area contributed by atoms with Gasteiger partial charge in [0.15, 0.2) is 5.11 Å². The summed E-state index contributed by atoms with van der Waals surface area (Å²) in [6, 6.07) is 13.6. The first-order chi connectivity index (χ1) is 12.6. The molecule has 0 aliphatic carbocycles. The molecule has 1 aromatic heterocycles. The number of imidazole rings is 1. The van der Waals surface area contributed by atoms with E-state index >= 15 is 0 Å². The number of thiocarbonyl (C=S) groups is 1. The minimum atomic E-state index is -0.266. The second-order valence-corrected chi connectivity index (χ2v) is 6.74. The van der Waals surface area contributed by atoms with Crippen molar-refractivity contribution in [2.45, 2.75) is 11.8 Å². The van der Waals surface area contributed by atoms with Gasteiger partial charge in [-0.25, -0.2) is 4.98 Å². The average molecular weight is 386 g/mol. The van der Waals surface area contributed by atoms with E-state index in [0.717, 1.165) is 16.7 Å². The van der Waals surface area contributed by atoms with E-state index in [9.17, 15) is 4.79 Å². The first-order valence-corrected chi connectivity index (χ1v) is 9.71. The molecule has 26 heavy (non-hydrogen) atoms. The summed E-state index contributed by atoms with van der Waals surface area (Å²) in [6.45, 7) is 2.61. The molecule has 0 aliphatic rings. The Kier molecular flexibility index (Phi) is 5.75. The largest absolute Gasteiger partial charge is 0.362 e. The predicted octanol–water partition coefficient (Wildman–Crippen LogP) is 2.88. The van der Waals surface area contributed by atoms with Crippen LogP contribution in [0.1, 0.15) is 17.3 Å². The summed E-state index contributed by atoms with van der Waals surface area (Å²) in [7, 11) is 0. The number of fused-ring (bicyclic) bond motifs is 1. The first-order valence-electron chi connectivity index (χ1n) is 8.08. The topological polar surface area (TPSA) is 71.0 Å². The molecule has 3 rings (SSSR count). The zero-order valence-electron chi connectivity index (χ0n) is 14.4. The van der Waals surface area contributed by atoms with Gasteiger partial charge in [0.1, 0.15) is 6.33 Å². The van der Waals surface area contributed by atoms with Crippen molar-refractivity contribution in [2.24, 2.45) is 0 Å². The highest BCUT2D eigenvalue weighted by Gasteiger charge is 2.10. The number of hydrogen-bond acceptors (Lipinski definition) is 4. The van der Waals surface area contributed by atoms with Crippen LogP contribution in [0.3, 0.4) is 0 Å². The van der Waals surface area contributed by atoms with Crippen LogP contribution >= 0.6 is 24.0 Å². The van der Waals surface area contributed by atoms with E-state index in [1.165, 1.54) is 4.90 Å². The van der Waals surface area contributed by atoms with Gasteiger partial charge in [-0.3, -0.25) is 20.2 Å². The fourth-order valence-electron chi connectivity index (χ4n) is 2.49. The average Bonchev–Trinajstić information content (AvgIpc) is 3.09. The molecule has 6 nitrogen and oxygen atoms in total. The standard InChI is InChI=1S/C18H19N5OS2/c1-3-19-18(25)22-21-17(24)12-4-9-15-16(10-12)23(11-20-15)13-5-7-14(26-2)8-6-13/h4-11H,3H2,1-2H3,(H,21,24)(H2,19,22,25). The highest BCUT2D eigenvalue weighted by Crippen LogP contribution is 2.22. The Hall–Kier alpha value is -2.58. The molecule has 0 unspecified atom stereocenters. The van der Waals surface area contributed by atoms with Crippen LogP contribution in [0.5, 0.6) is 0 Å². The van der Waals surface area contributed by atoms with Crippen LogP contribution in [-0.2, 0) is 0 Å². The Balaban J connectivity index is 1.85. The Morgan fingerprint density at radius 1 is 1.19 bits per heavy atom. The van der Waals surface area contributed by atoms with E-state index in [1.807, 2.05) is 42.0 Å². The number of thioether (sulfide) groups is 1. The number of carbonyl (C=O) groups is 1. The molecule has 0 saturated carbocycles. The fraction of sp³-hybridized carbons (Fsp3) is 0.167. The van der Waals surface area contributed by atoms with Crippen molar-refractivity contribution in [1.82, 2.24) is 25.7 Å². The van der Waals surface area contributed by atoms with E-state index in [4.69, 9.17) is 12.2 Å². The molecule has 3 N–H and O–H groups in total.